The van der Waals surface area contributed by atoms with Gasteiger partial charge >= 0.3 is 0 Å². The Kier molecular flexibility index (Phi) is 3.75. The molecule has 1 fully saturated rings. The van der Waals surface area contributed by atoms with Crippen LogP contribution in [0.4, 0.5) is 4.39 Å². The summed E-state index contributed by atoms with van der Waals surface area (Å²) in [6.45, 7) is 2.28. The molecule has 1 N–H and O–H groups in total. The molecule has 5 nitrogen and oxygen atoms in total. The summed E-state index contributed by atoms with van der Waals surface area (Å²) in [6.07, 6.45) is 1.37. The van der Waals surface area contributed by atoms with Crippen molar-refractivity contribution in [2.75, 3.05) is 13.1 Å². The van der Waals surface area contributed by atoms with Gasteiger partial charge in [0.25, 0.3) is 5.89 Å². The zero-order chi connectivity index (χ0) is 13.9. The lowest BCUT2D eigenvalue weighted by Crippen LogP contribution is -2.35. The fourth-order valence-electron chi connectivity index (χ4n) is 2.31. The van der Waals surface area contributed by atoms with Crippen LogP contribution in [0.15, 0.2) is 28.8 Å². The summed E-state index contributed by atoms with van der Waals surface area (Å²) in [7, 11) is 0. The van der Waals surface area contributed by atoms with Gasteiger partial charge < -0.3 is 9.63 Å². The van der Waals surface area contributed by atoms with Gasteiger partial charge in [-0.1, -0.05) is 5.16 Å². The molecule has 0 radical (unpaired) electrons. The third-order valence-electron chi connectivity index (χ3n) is 3.48. The minimum Gasteiger partial charge on any atom is -0.393 e. The molecule has 6 heteroatoms. The number of likely N-dealkylation sites (tertiary alicyclic amines) is 1. The average Bonchev–Trinajstić information content (AvgIpc) is 2.91. The molecule has 1 saturated heterocycles. The van der Waals surface area contributed by atoms with E-state index in [-0.39, 0.29) is 11.9 Å². The fraction of sp³-hybridized carbons (Fsp3) is 0.429. The van der Waals surface area contributed by atoms with E-state index in [2.05, 4.69) is 15.0 Å². The molecule has 0 aliphatic carbocycles. The summed E-state index contributed by atoms with van der Waals surface area (Å²) in [5.74, 6) is 0.720. The Morgan fingerprint density at radius 3 is 2.65 bits per heavy atom. The van der Waals surface area contributed by atoms with Gasteiger partial charge in [-0.2, -0.15) is 4.98 Å². The summed E-state index contributed by atoms with van der Waals surface area (Å²) in [4.78, 5) is 6.51. The summed E-state index contributed by atoms with van der Waals surface area (Å²) in [5.41, 5.74) is 0.708. The second kappa shape index (κ2) is 5.68. The van der Waals surface area contributed by atoms with Gasteiger partial charge in [0.2, 0.25) is 0 Å². The standard InChI is InChI=1S/C14H16FN3O2/c15-11-3-1-10(2-4-11)14-16-13(17-20-14)9-18-7-5-12(19)6-8-18/h1-4,12,19H,5-9H2. The number of hydrogen-bond acceptors (Lipinski definition) is 5. The summed E-state index contributed by atoms with van der Waals surface area (Å²) in [5, 5.41) is 13.4. The maximum Gasteiger partial charge on any atom is 0.257 e. The molecule has 20 heavy (non-hydrogen) atoms. The van der Waals surface area contributed by atoms with Crippen molar-refractivity contribution < 1.29 is 14.0 Å². The Hall–Kier alpha value is -1.79. The first kappa shape index (κ1) is 13.2. The van der Waals surface area contributed by atoms with Crippen molar-refractivity contribution in [2.45, 2.75) is 25.5 Å². The number of aromatic nitrogens is 2. The summed E-state index contributed by atoms with van der Waals surface area (Å²) < 4.78 is 18.0. The minimum atomic E-state index is -0.291. The van der Waals surface area contributed by atoms with Crippen LogP contribution < -0.4 is 0 Å². The fourth-order valence-corrected chi connectivity index (χ4v) is 2.31. The van der Waals surface area contributed by atoms with Gasteiger partial charge in [-0.3, -0.25) is 4.90 Å². The van der Waals surface area contributed by atoms with Gasteiger partial charge in [-0.25, -0.2) is 4.39 Å². The first-order valence-corrected chi connectivity index (χ1v) is 6.69. The normalized spacial score (nSPS) is 17.5. The van der Waals surface area contributed by atoms with Gasteiger partial charge in [0.15, 0.2) is 5.82 Å². The number of benzene rings is 1. The van der Waals surface area contributed by atoms with Crippen molar-refractivity contribution in [3.63, 3.8) is 0 Å². The van der Waals surface area contributed by atoms with Crippen molar-refractivity contribution in [3.05, 3.63) is 35.9 Å². The predicted molar refractivity (Wildman–Crippen MR) is 70.2 cm³/mol. The van der Waals surface area contributed by atoms with Crippen LogP contribution in [0, 0.1) is 5.82 Å². The Morgan fingerprint density at radius 1 is 1.25 bits per heavy atom. The van der Waals surface area contributed by atoms with Crippen molar-refractivity contribution >= 4 is 0 Å². The Bertz CT molecular complexity index is 562. The number of halogens is 1. The van der Waals surface area contributed by atoms with E-state index in [1.54, 1.807) is 12.1 Å². The Morgan fingerprint density at radius 2 is 1.95 bits per heavy atom. The van der Waals surface area contributed by atoms with Crippen LogP contribution in [0.3, 0.4) is 0 Å². The van der Waals surface area contributed by atoms with E-state index < -0.39 is 0 Å². The average molecular weight is 277 g/mol. The van der Waals surface area contributed by atoms with Crippen LogP contribution in [0.1, 0.15) is 18.7 Å². The van der Waals surface area contributed by atoms with Crippen molar-refractivity contribution in [1.29, 1.82) is 0 Å². The Balaban J connectivity index is 1.66. The van der Waals surface area contributed by atoms with Crippen LogP contribution in [0.25, 0.3) is 11.5 Å². The van der Waals surface area contributed by atoms with Crippen LogP contribution in [-0.2, 0) is 6.54 Å². The van der Waals surface area contributed by atoms with Crippen LogP contribution in [0.5, 0.6) is 0 Å². The smallest absolute Gasteiger partial charge is 0.257 e. The zero-order valence-electron chi connectivity index (χ0n) is 11.0. The van der Waals surface area contributed by atoms with Crippen molar-refractivity contribution in [1.82, 2.24) is 15.0 Å². The lowest BCUT2D eigenvalue weighted by atomic mass is 10.1. The highest BCUT2D eigenvalue weighted by Gasteiger charge is 2.19. The number of nitrogens with zero attached hydrogens (tertiary/aromatic N) is 3. The molecule has 1 aliphatic heterocycles. The molecule has 106 valence electrons. The third-order valence-corrected chi connectivity index (χ3v) is 3.48. The molecule has 0 amide bonds. The van der Waals surface area contributed by atoms with Crippen LogP contribution in [0.2, 0.25) is 0 Å². The number of aliphatic hydroxyl groups excluding tert-OH is 1. The third kappa shape index (κ3) is 3.02. The summed E-state index contributed by atoms with van der Waals surface area (Å²) >= 11 is 0. The number of piperidine rings is 1. The molecular weight excluding hydrogens is 261 g/mol. The van der Waals surface area contributed by atoms with E-state index in [0.29, 0.717) is 23.8 Å². The van der Waals surface area contributed by atoms with Crippen molar-refractivity contribution in [2.24, 2.45) is 0 Å². The van der Waals surface area contributed by atoms with Gasteiger partial charge in [-0.05, 0) is 37.1 Å². The predicted octanol–water partition coefficient (Wildman–Crippen LogP) is 1.83. The molecule has 2 aromatic rings. The van der Waals surface area contributed by atoms with Gasteiger partial charge in [-0.15, -0.1) is 0 Å². The zero-order valence-corrected chi connectivity index (χ0v) is 11.0. The van der Waals surface area contributed by atoms with Crippen LogP contribution in [-0.4, -0.2) is 39.3 Å². The van der Waals surface area contributed by atoms with E-state index in [9.17, 15) is 9.50 Å². The minimum absolute atomic E-state index is 0.189. The first-order chi connectivity index (χ1) is 9.70. The molecule has 1 aliphatic rings. The van der Waals surface area contributed by atoms with E-state index in [4.69, 9.17) is 4.52 Å². The monoisotopic (exact) mass is 277 g/mol. The maximum atomic E-state index is 12.9. The van der Waals surface area contributed by atoms with Gasteiger partial charge in [0.1, 0.15) is 5.82 Å². The molecule has 2 heterocycles. The van der Waals surface area contributed by atoms with E-state index >= 15 is 0 Å². The lowest BCUT2D eigenvalue weighted by molar-refractivity contribution is 0.0777. The number of rotatable bonds is 3. The SMILES string of the molecule is OC1CCN(Cc2noc(-c3ccc(F)cc3)n2)CC1. The lowest BCUT2D eigenvalue weighted by Gasteiger charge is -2.28. The molecule has 0 atom stereocenters. The molecule has 3 rings (SSSR count). The Labute approximate surface area is 116 Å². The molecule has 1 aromatic heterocycles. The molecule has 1 aromatic carbocycles. The second-order valence-corrected chi connectivity index (χ2v) is 5.03. The number of aliphatic hydroxyl groups is 1. The number of hydrogen-bond donors (Lipinski definition) is 1. The van der Waals surface area contributed by atoms with Gasteiger partial charge in [0, 0.05) is 18.7 Å². The molecule has 0 saturated carbocycles. The molecule has 0 unspecified atom stereocenters. The maximum absolute atomic E-state index is 12.9. The largest absolute Gasteiger partial charge is 0.393 e. The van der Waals surface area contributed by atoms with Gasteiger partial charge in [0.05, 0.1) is 12.6 Å². The molecule has 0 spiro atoms. The highest BCUT2D eigenvalue weighted by molar-refractivity contribution is 5.52. The highest BCUT2D eigenvalue weighted by Crippen LogP contribution is 2.18. The van der Waals surface area contributed by atoms with E-state index in [1.165, 1.54) is 12.1 Å². The highest BCUT2D eigenvalue weighted by atomic mass is 19.1. The molecule has 0 bridgehead atoms. The molecular formula is C14H16FN3O2. The first-order valence-electron chi connectivity index (χ1n) is 6.69. The second-order valence-electron chi connectivity index (χ2n) is 5.03. The van der Waals surface area contributed by atoms with E-state index in [0.717, 1.165) is 25.9 Å². The van der Waals surface area contributed by atoms with Crippen LogP contribution >= 0.6 is 0 Å². The summed E-state index contributed by atoms with van der Waals surface area (Å²) in [6, 6.07) is 5.96. The van der Waals surface area contributed by atoms with E-state index in [1.807, 2.05) is 0 Å². The topological polar surface area (TPSA) is 62.4 Å². The van der Waals surface area contributed by atoms with Crippen molar-refractivity contribution in [3.8, 4) is 11.5 Å². The quantitative estimate of drug-likeness (QED) is 0.927.